The lowest BCUT2D eigenvalue weighted by molar-refractivity contribution is 0.340. The lowest BCUT2D eigenvalue weighted by Gasteiger charge is -2.07. The molecule has 0 saturated carbocycles. The standard InChI is InChI=1S/C16H13N3OS/c1-2-20-13-6-4-12(5-7-13)19-15-9-11(10-17)3-8-14(15)18-16(19)21/h3-9H,2H2,1H3,(H,18,21). The number of aromatic nitrogens is 2. The zero-order valence-electron chi connectivity index (χ0n) is 11.5. The van der Waals surface area contributed by atoms with Crippen LogP contribution in [0.2, 0.25) is 0 Å². The van der Waals surface area contributed by atoms with Gasteiger partial charge in [-0.15, -0.1) is 0 Å². The Bertz CT molecular complexity index is 885. The second-order valence-corrected chi connectivity index (χ2v) is 4.92. The zero-order valence-corrected chi connectivity index (χ0v) is 12.3. The summed E-state index contributed by atoms with van der Waals surface area (Å²) in [4.78, 5) is 3.15. The van der Waals surface area contributed by atoms with Gasteiger partial charge in [-0.25, -0.2) is 0 Å². The molecule has 0 atom stereocenters. The molecule has 2 aromatic carbocycles. The third-order valence-electron chi connectivity index (χ3n) is 3.22. The first-order valence-corrected chi connectivity index (χ1v) is 7.02. The molecular formula is C16H13N3OS. The van der Waals surface area contributed by atoms with Gasteiger partial charge < -0.3 is 9.72 Å². The van der Waals surface area contributed by atoms with Crippen LogP contribution in [0.25, 0.3) is 16.7 Å². The average Bonchev–Trinajstić information content (AvgIpc) is 2.83. The minimum Gasteiger partial charge on any atom is -0.494 e. The molecule has 3 aromatic rings. The highest BCUT2D eigenvalue weighted by molar-refractivity contribution is 7.71. The zero-order chi connectivity index (χ0) is 14.8. The topological polar surface area (TPSA) is 53.7 Å². The van der Waals surface area contributed by atoms with E-state index in [1.807, 2.05) is 47.9 Å². The molecule has 1 N–H and O–H groups in total. The van der Waals surface area contributed by atoms with E-state index in [1.165, 1.54) is 0 Å². The van der Waals surface area contributed by atoms with Gasteiger partial charge in [0.25, 0.3) is 0 Å². The van der Waals surface area contributed by atoms with Crippen LogP contribution in [0.15, 0.2) is 42.5 Å². The molecule has 0 fully saturated rings. The number of imidazole rings is 1. The molecule has 5 heteroatoms. The second kappa shape index (κ2) is 5.43. The Labute approximate surface area is 127 Å². The Hall–Kier alpha value is -2.58. The number of aromatic amines is 1. The number of nitriles is 1. The maximum Gasteiger partial charge on any atom is 0.182 e. The number of hydrogen-bond donors (Lipinski definition) is 1. The van der Waals surface area contributed by atoms with Gasteiger partial charge in [0.2, 0.25) is 0 Å². The molecule has 0 radical (unpaired) electrons. The third-order valence-corrected chi connectivity index (χ3v) is 3.50. The quantitative estimate of drug-likeness (QED) is 0.744. The molecular weight excluding hydrogens is 282 g/mol. The molecule has 0 saturated heterocycles. The summed E-state index contributed by atoms with van der Waals surface area (Å²) in [6.45, 7) is 2.59. The summed E-state index contributed by atoms with van der Waals surface area (Å²) in [6.07, 6.45) is 0. The van der Waals surface area contributed by atoms with E-state index < -0.39 is 0 Å². The van der Waals surface area contributed by atoms with Gasteiger partial charge in [-0.05, 0) is 61.6 Å². The first kappa shape index (κ1) is 13.4. The Kier molecular flexibility index (Phi) is 3.46. The number of ether oxygens (including phenoxy) is 1. The minimum atomic E-state index is 0.601. The van der Waals surface area contributed by atoms with Gasteiger partial charge in [-0.3, -0.25) is 4.57 Å². The van der Waals surface area contributed by atoms with E-state index in [0.29, 0.717) is 16.9 Å². The van der Waals surface area contributed by atoms with Gasteiger partial charge in [0.05, 0.1) is 29.3 Å². The minimum absolute atomic E-state index is 0.601. The monoisotopic (exact) mass is 295 g/mol. The van der Waals surface area contributed by atoms with Gasteiger partial charge in [0, 0.05) is 5.69 Å². The van der Waals surface area contributed by atoms with Crippen molar-refractivity contribution < 1.29 is 4.74 Å². The number of nitrogens with one attached hydrogen (secondary N) is 1. The molecule has 21 heavy (non-hydrogen) atoms. The van der Waals surface area contributed by atoms with Crippen molar-refractivity contribution in [3.63, 3.8) is 0 Å². The molecule has 0 unspecified atom stereocenters. The molecule has 4 nitrogen and oxygen atoms in total. The van der Waals surface area contributed by atoms with Crippen molar-refractivity contribution in [2.24, 2.45) is 0 Å². The number of H-pyrrole nitrogens is 1. The molecule has 104 valence electrons. The Balaban J connectivity index is 2.17. The fourth-order valence-corrected chi connectivity index (χ4v) is 2.60. The van der Waals surface area contributed by atoms with Crippen molar-refractivity contribution >= 4 is 23.3 Å². The summed E-state index contributed by atoms with van der Waals surface area (Å²) in [5.74, 6) is 0.824. The van der Waals surface area contributed by atoms with Crippen LogP contribution >= 0.6 is 12.2 Å². The van der Waals surface area contributed by atoms with Gasteiger partial charge in [0.15, 0.2) is 4.77 Å². The van der Waals surface area contributed by atoms with Crippen molar-refractivity contribution in [2.45, 2.75) is 6.92 Å². The largest absolute Gasteiger partial charge is 0.494 e. The van der Waals surface area contributed by atoms with Crippen molar-refractivity contribution in [3.05, 3.63) is 52.8 Å². The molecule has 0 spiro atoms. The first-order valence-electron chi connectivity index (χ1n) is 6.61. The van der Waals surface area contributed by atoms with E-state index in [4.69, 9.17) is 22.2 Å². The molecule has 0 bridgehead atoms. The molecule has 3 rings (SSSR count). The van der Waals surface area contributed by atoms with Crippen LogP contribution in [-0.2, 0) is 0 Å². The molecule has 1 aromatic heterocycles. The summed E-state index contributed by atoms with van der Waals surface area (Å²) in [5.41, 5.74) is 3.34. The number of benzene rings is 2. The second-order valence-electron chi connectivity index (χ2n) is 4.54. The third kappa shape index (κ3) is 2.41. The lowest BCUT2D eigenvalue weighted by Crippen LogP contribution is -1.95. The van der Waals surface area contributed by atoms with Gasteiger partial charge in [-0.2, -0.15) is 5.26 Å². The van der Waals surface area contributed by atoms with Crippen LogP contribution in [-0.4, -0.2) is 16.2 Å². The maximum atomic E-state index is 9.05. The van der Waals surface area contributed by atoms with E-state index in [1.54, 1.807) is 6.07 Å². The van der Waals surface area contributed by atoms with Gasteiger partial charge in [-0.1, -0.05) is 0 Å². The SMILES string of the molecule is CCOc1ccc(-n2c(=S)[nH]c3ccc(C#N)cc32)cc1. The number of rotatable bonds is 3. The highest BCUT2D eigenvalue weighted by atomic mass is 32.1. The average molecular weight is 295 g/mol. The summed E-state index contributed by atoms with van der Waals surface area (Å²) in [7, 11) is 0. The fraction of sp³-hybridized carbons (Fsp3) is 0.125. The summed E-state index contributed by atoms with van der Waals surface area (Å²) < 4.78 is 7.97. The number of hydrogen-bond acceptors (Lipinski definition) is 3. The van der Waals surface area contributed by atoms with Crippen molar-refractivity contribution in [1.29, 1.82) is 5.26 Å². The van der Waals surface area contributed by atoms with Crippen molar-refractivity contribution in [3.8, 4) is 17.5 Å². The van der Waals surface area contributed by atoms with E-state index in [0.717, 1.165) is 22.5 Å². The van der Waals surface area contributed by atoms with Crippen LogP contribution in [0, 0.1) is 16.1 Å². The van der Waals surface area contributed by atoms with Crippen LogP contribution in [0.3, 0.4) is 0 Å². The van der Waals surface area contributed by atoms with Gasteiger partial charge >= 0.3 is 0 Å². The van der Waals surface area contributed by atoms with Crippen LogP contribution in [0.1, 0.15) is 12.5 Å². The lowest BCUT2D eigenvalue weighted by atomic mass is 10.2. The summed E-state index contributed by atoms with van der Waals surface area (Å²) in [5, 5.41) is 9.05. The fourth-order valence-electron chi connectivity index (χ4n) is 2.29. The highest BCUT2D eigenvalue weighted by Gasteiger charge is 2.07. The number of fused-ring (bicyclic) bond motifs is 1. The van der Waals surface area contributed by atoms with E-state index in [-0.39, 0.29) is 0 Å². The predicted molar refractivity (Wildman–Crippen MR) is 84.3 cm³/mol. The Morgan fingerprint density at radius 3 is 2.67 bits per heavy atom. The normalized spacial score (nSPS) is 10.5. The van der Waals surface area contributed by atoms with Crippen LogP contribution < -0.4 is 4.74 Å². The molecule has 1 heterocycles. The Morgan fingerprint density at radius 2 is 2.00 bits per heavy atom. The maximum absolute atomic E-state index is 9.05. The van der Waals surface area contributed by atoms with E-state index in [2.05, 4.69) is 11.1 Å². The predicted octanol–water partition coefficient (Wildman–Crippen LogP) is 3.96. The summed E-state index contributed by atoms with van der Waals surface area (Å²) >= 11 is 5.39. The Morgan fingerprint density at radius 1 is 1.24 bits per heavy atom. The number of nitrogens with zero attached hydrogens (tertiary/aromatic N) is 2. The summed E-state index contributed by atoms with van der Waals surface area (Å²) in [6, 6.07) is 15.4. The van der Waals surface area contributed by atoms with Crippen LogP contribution in [0.4, 0.5) is 0 Å². The van der Waals surface area contributed by atoms with E-state index >= 15 is 0 Å². The highest BCUT2D eigenvalue weighted by Crippen LogP contribution is 2.22. The smallest absolute Gasteiger partial charge is 0.182 e. The van der Waals surface area contributed by atoms with Crippen molar-refractivity contribution in [2.75, 3.05) is 6.61 Å². The molecule has 0 amide bonds. The van der Waals surface area contributed by atoms with Gasteiger partial charge in [0.1, 0.15) is 5.75 Å². The molecule has 0 aliphatic heterocycles. The van der Waals surface area contributed by atoms with Crippen molar-refractivity contribution in [1.82, 2.24) is 9.55 Å². The van der Waals surface area contributed by atoms with Crippen LogP contribution in [0.5, 0.6) is 5.75 Å². The first-order chi connectivity index (χ1) is 10.2. The van der Waals surface area contributed by atoms with E-state index in [9.17, 15) is 0 Å². The molecule has 0 aliphatic carbocycles. The molecule has 0 aliphatic rings.